The molecule has 0 aliphatic carbocycles. The summed E-state index contributed by atoms with van der Waals surface area (Å²) in [4.78, 5) is 0. The summed E-state index contributed by atoms with van der Waals surface area (Å²) >= 11 is -2.15. The fourth-order valence-electron chi connectivity index (χ4n) is 5.94. The maximum atomic E-state index is 6.21. The Hall–Kier alpha value is -4.30. The average molecular weight is 696 g/mol. The molecule has 0 spiro atoms. The maximum absolute atomic E-state index is 6.21. The van der Waals surface area contributed by atoms with Gasteiger partial charge in [-0.15, -0.1) is 56.9 Å². The summed E-state index contributed by atoms with van der Waals surface area (Å²) in [6, 6.07) is 63.5. The first-order valence-electron chi connectivity index (χ1n) is 16.1. The zero-order valence-corrected chi connectivity index (χ0v) is 30.1. The number of hydrogen-bond donors (Lipinski definition) is 0. The summed E-state index contributed by atoms with van der Waals surface area (Å²) in [7, 11) is 12.4. The Labute approximate surface area is 297 Å². The summed E-state index contributed by atoms with van der Waals surface area (Å²) in [6.45, 7) is 4.28. The van der Waals surface area contributed by atoms with E-state index in [-0.39, 0.29) is 0 Å². The standard InChI is InChI=1S/2C16H13.C13H10.2ClH.Ti/c2*1-12-9-14-7-8-15(11-16(14)10-12)13-5-3-2-4-6-13;1-3-7-12(8-4-1)11-13-9-5-2-6-10-13;;;/h2*2-11H,1H3;1-10H;2*1H;/q2*-1;;;;+2/p-2. The van der Waals surface area contributed by atoms with Crippen molar-refractivity contribution in [2.75, 3.05) is 0 Å². The third-order valence-electron chi connectivity index (χ3n) is 8.23. The molecule has 0 heterocycles. The van der Waals surface area contributed by atoms with Crippen molar-refractivity contribution in [2.24, 2.45) is 0 Å². The second-order valence-corrected chi connectivity index (χ2v) is 17.4. The predicted molar refractivity (Wildman–Crippen MR) is 207 cm³/mol. The van der Waals surface area contributed by atoms with Crippen LogP contribution in [0.15, 0.2) is 182 Å². The first-order valence-corrected chi connectivity index (χ1v) is 21.1. The van der Waals surface area contributed by atoms with Crippen LogP contribution >= 0.6 is 18.6 Å². The molecule has 0 atom stereocenters. The Morgan fingerprint density at radius 3 is 1.12 bits per heavy atom. The summed E-state index contributed by atoms with van der Waals surface area (Å²) in [5, 5.41) is 5.33. The third-order valence-corrected chi connectivity index (χ3v) is 11.3. The van der Waals surface area contributed by atoms with Crippen LogP contribution in [0.5, 0.6) is 0 Å². The number of rotatable bonds is 4. The van der Waals surface area contributed by atoms with Crippen molar-refractivity contribution in [3.63, 3.8) is 0 Å². The molecule has 0 amide bonds. The van der Waals surface area contributed by atoms with Crippen LogP contribution < -0.4 is 0 Å². The van der Waals surface area contributed by atoms with E-state index in [1.165, 1.54) is 54.9 Å². The Bertz CT molecular complexity index is 2080. The topological polar surface area (TPSA) is 0 Å². The molecule has 8 aromatic rings. The van der Waals surface area contributed by atoms with E-state index in [1.807, 2.05) is 36.4 Å². The molecule has 0 saturated carbocycles. The molecule has 0 fully saturated rings. The van der Waals surface area contributed by atoms with Crippen molar-refractivity contribution in [1.29, 1.82) is 0 Å². The second kappa shape index (κ2) is 16.2. The summed E-state index contributed by atoms with van der Waals surface area (Å²) in [5.74, 6) is 0. The van der Waals surface area contributed by atoms with E-state index < -0.39 is 15.3 Å². The van der Waals surface area contributed by atoms with Gasteiger partial charge in [-0.25, -0.2) is 0 Å². The van der Waals surface area contributed by atoms with Crippen LogP contribution in [0.3, 0.4) is 0 Å². The first-order chi connectivity index (χ1) is 23.4. The minimum absolute atomic E-state index is 1.12. The Kier molecular flexibility index (Phi) is 11.3. The van der Waals surface area contributed by atoms with Crippen molar-refractivity contribution in [3.05, 3.63) is 204 Å². The number of hydrogen-bond acceptors (Lipinski definition) is 0. The second-order valence-electron chi connectivity index (χ2n) is 11.9. The van der Waals surface area contributed by atoms with Gasteiger partial charge in [0.25, 0.3) is 0 Å². The molecule has 0 nitrogen and oxygen atoms in total. The molecular weight excluding hydrogens is 659 g/mol. The first kappa shape index (κ1) is 33.6. The molecule has 0 aliphatic heterocycles. The number of halogens is 2. The zero-order valence-electron chi connectivity index (χ0n) is 27.1. The van der Waals surface area contributed by atoms with Crippen LogP contribution in [0.4, 0.5) is 0 Å². The minimum atomic E-state index is -2.15. The van der Waals surface area contributed by atoms with Gasteiger partial charge in [-0.3, -0.25) is 0 Å². The SMILES string of the molecule is Cc1cc2cc(-c3ccccc3)ccc2[cH-]1.Cc1cc2cc(-c3ccccc3)ccc2[cH-]1.[Cl][Ti]([Cl])=[C](c1ccccc1)c1ccccc1. The van der Waals surface area contributed by atoms with Gasteiger partial charge >= 0.3 is 109 Å². The van der Waals surface area contributed by atoms with E-state index in [9.17, 15) is 0 Å². The van der Waals surface area contributed by atoms with Gasteiger partial charge in [0, 0.05) is 0 Å². The fourth-order valence-corrected chi connectivity index (χ4v) is 8.94. The van der Waals surface area contributed by atoms with Crippen molar-refractivity contribution in [3.8, 4) is 22.3 Å². The van der Waals surface area contributed by atoms with Crippen molar-refractivity contribution in [1.82, 2.24) is 0 Å². The fraction of sp³-hybridized carbons (Fsp3) is 0.0444. The van der Waals surface area contributed by atoms with E-state index in [2.05, 4.69) is 159 Å². The molecule has 48 heavy (non-hydrogen) atoms. The molecule has 0 unspecified atom stereocenters. The molecule has 0 aromatic heterocycles. The van der Waals surface area contributed by atoms with Crippen LogP contribution in [0.2, 0.25) is 0 Å². The van der Waals surface area contributed by atoms with Crippen LogP contribution in [0, 0.1) is 13.8 Å². The number of benzene rings is 6. The van der Waals surface area contributed by atoms with Gasteiger partial charge in [0.15, 0.2) is 0 Å². The molecule has 236 valence electrons. The predicted octanol–water partition coefficient (Wildman–Crippen LogP) is 13.2. The molecule has 0 radical (unpaired) electrons. The Morgan fingerprint density at radius 2 is 0.771 bits per heavy atom. The molecule has 0 bridgehead atoms. The van der Waals surface area contributed by atoms with Gasteiger partial charge in [0.2, 0.25) is 0 Å². The van der Waals surface area contributed by atoms with Gasteiger partial charge in [-0.05, 0) is 22.3 Å². The summed E-state index contributed by atoms with van der Waals surface area (Å²) < 4.78 is 1.12. The molecular formula is C45H36Cl2Ti-2. The molecule has 3 heteroatoms. The van der Waals surface area contributed by atoms with Crippen LogP contribution in [-0.2, 0) is 15.3 Å². The summed E-state index contributed by atoms with van der Waals surface area (Å²) in [5.41, 5.74) is 10.1. The Morgan fingerprint density at radius 1 is 0.417 bits per heavy atom. The molecule has 8 rings (SSSR count). The molecule has 8 aromatic carbocycles. The quantitative estimate of drug-likeness (QED) is 0.127. The molecule has 0 aliphatic rings. The van der Waals surface area contributed by atoms with E-state index in [0.29, 0.717) is 0 Å². The van der Waals surface area contributed by atoms with E-state index in [4.69, 9.17) is 18.6 Å². The summed E-state index contributed by atoms with van der Waals surface area (Å²) in [6.07, 6.45) is 0. The monoisotopic (exact) mass is 694 g/mol. The average Bonchev–Trinajstić information content (AvgIpc) is 3.70. The van der Waals surface area contributed by atoms with Crippen molar-refractivity contribution >= 4 is 44.0 Å². The zero-order chi connectivity index (χ0) is 33.3. The van der Waals surface area contributed by atoms with Gasteiger partial charge in [-0.2, -0.15) is 12.1 Å². The van der Waals surface area contributed by atoms with Gasteiger partial charge < -0.3 is 0 Å². The van der Waals surface area contributed by atoms with Crippen LogP contribution in [-0.4, -0.2) is 3.81 Å². The third kappa shape index (κ3) is 8.59. The van der Waals surface area contributed by atoms with Gasteiger partial charge in [0.1, 0.15) is 0 Å². The van der Waals surface area contributed by atoms with Crippen LogP contribution in [0.1, 0.15) is 22.3 Å². The van der Waals surface area contributed by atoms with Gasteiger partial charge in [0.05, 0.1) is 0 Å². The van der Waals surface area contributed by atoms with Crippen LogP contribution in [0.25, 0.3) is 43.8 Å². The normalized spacial score (nSPS) is 10.5. The van der Waals surface area contributed by atoms with E-state index in [0.717, 1.165) is 14.9 Å². The van der Waals surface area contributed by atoms with Gasteiger partial charge in [-0.1, -0.05) is 98.8 Å². The number of aryl methyl sites for hydroxylation is 2. The number of fused-ring (bicyclic) bond motifs is 2. The Balaban J connectivity index is 0.000000125. The van der Waals surface area contributed by atoms with E-state index >= 15 is 0 Å². The van der Waals surface area contributed by atoms with Crippen molar-refractivity contribution in [2.45, 2.75) is 13.8 Å². The molecule has 0 N–H and O–H groups in total. The molecule has 0 saturated heterocycles. The van der Waals surface area contributed by atoms with E-state index in [1.54, 1.807) is 0 Å². The van der Waals surface area contributed by atoms with Crippen molar-refractivity contribution < 1.29 is 15.3 Å².